The number of pyridine rings is 1. The average molecular weight is 550 g/mol. The molecule has 3 aromatic rings. The quantitative estimate of drug-likeness (QED) is 0.518. The molecule has 0 spiro atoms. The SMILES string of the molecule is Cc1ccnc(Nc2cc(N3CCN(C(=O)C4CC(=O)N(c5cccc(Br)c5)C4)CC3)nc(C)n2)c1. The molecule has 2 aromatic heterocycles. The number of nitrogens with one attached hydrogen (secondary N) is 1. The number of halogens is 1. The first-order valence-corrected chi connectivity index (χ1v) is 12.8. The fourth-order valence-corrected chi connectivity index (χ4v) is 5.08. The number of anilines is 4. The number of piperazine rings is 1. The molecule has 4 heterocycles. The van der Waals surface area contributed by atoms with Crippen LogP contribution in [0.2, 0.25) is 0 Å². The van der Waals surface area contributed by atoms with Crippen LogP contribution in [-0.2, 0) is 9.59 Å². The Morgan fingerprint density at radius 1 is 1.03 bits per heavy atom. The Morgan fingerprint density at radius 2 is 1.83 bits per heavy atom. The van der Waals surface area contributed by atoms with E-state index < -0.39 is 0 Å². The predicted octanol–water partition coefficient (Wildman–Crippen LogP) is 3.70. The van der Waals surface area contributed by atoms with E-state index in [1.165, 1.54) is 0 Å². The summed E-state index contributed by atoms with van der Waals surface area (Å²) in [6.45, 7) is 6.82. The van der Waals surface area contributed by atoms with Crippen LogP contribution in [0.25, 0.3) is 0 Å². The van der Waals surface area contributed by atoms with Crippen LogP contribution in [0, 0.1) is 19.8 Å². The van der Waals surface area contributed by atoms with Gasteiger partial charge >= 0.3 is 0 Å². The number of aryl methyl sites for hydroxylation is 2. The second kappa shape index (κ2) is 10.2. The summed E-state index contributed by atoms with van der Waals surface area (Å²) in [4.78, 5) is 45.1. The molecule has 9 nitrogen and oxygen atoms in total. The number of benzene rings is 1. The monoisotopic (exact) mass is 549 g/mol. The average Bonchev–Trinajstić information content (AvgIpc) is 3.25. The number of amides is 2. The van der Waals surface area contributed by atoms with E-state index in [2.05, 4.69) is 41.1 Å². The third-order valence-electron chi connectivity index (χ3n) is 6.51. The summed E-state index contributed by atoms with van der Waals surface area (Å²) in [6.07, 6.45) is 2.01. The molecule has 1 atom stereocenters. The van der Waals surface area contributed by atoms with Gasteiger partial charge in [0.2, 0.25) is 11.8 Å². The van der Waals surface area contributed by atoms with Gasteiger partial charge in [-0.1, -0.05) is 22.0 Å². The normalized spacial score (nSPS) is 18.0. The molecule has 10 heteroatoms. The van der Waals surface area contributed by atoms with Crippen molar-refractivity contribution in [2.24, 2.45) is 5.92 Å². The molecule has 186 valence electrons. The van der Waals surface area contributed by atoms with Crippen LogP contribution in [-0.4, -0.2) is 64.4 Å². The molecule has 2 aliphatic heterocycles. The molecule has 0 saturated carbocycles. The van der Waals surface area contributed by atoms with Crippen LogP contribution in [0.1, 0.15) is 17.8 Å². The standard InChI is InChI=1S/C26H28BrN7O2/c1-17-6-7-28-22(12-17)31-23-15-24(30-18(2)29-23)32-8-10-33(11-9-32)26(36)19-13-25(35)34(16-19)21-5-3-4-20(27)14-21/h3-7,12,14-15,19H,8-11,13,16H2,1-2H3,(H,28,29,30,31). The second-order valence-electron chi connectivity index (χ2n) is 9.20. The zero-order valence-electron chi connectivity index (χ0n) is 20.3. The van der Waals surface area contributed by atoms with Crippen molar-refractivity contribution in [3.8, 4) is 0 Å². The lowest BCUT2D eigenvalue weighted by Gasteiger charge is -2.36. The molecule has 2 fully saturated rings. The lowest BCUT2D eigenvalue weighted by atomic mass is 10.1. The van der Waals surface area contributed by atoms with Gasteiger partial charge in [-0.3, -0.25) is 9.59 Å². The number of carbonyl (C=O) groups excluding carboxylic acids is 2. The Kier molecular flexibility index (Phi) is 6.86. The van der Waals surface area contributed by atoms with Crippen LogP contribution in [0.3, 0.4) is 0 Å². The Labute approximate surface area is 218 Å². The van der Waals surface area contributed by atoms with Crippen LogP contribution >= 0.6 is 15.9 Å². The number of aromatic nitrogens is 3. The first-order chi connectivity index (χ1) is 17.4. The van der Waals surface area contributed by atoms with Crippen molar-refractivity contribution in [1.82, 2.24) is 19.9 Å². The summed E-state index contributed by atoms with van der Waals surface area (Å²) in [6, 6.07) is 13.5. The highest BCUT2D eigenvalue weighted by Gasteiger charge is 2.38. The molecule has 0 aliphatic carbocycles. The van der Waals surface area contributed by atoms with Crippen molar-refractivity contribution in [3.05, 3.63) is 64.5 Å². The van der Waals surface area contributed by atoms with Crippen molar-refractivity contribution in [2.75, 3.05) is 47.8 Å². The van der Waals surface area contributed by atoms with Crippen LogP contribution < -0.4 is 15.1 Å². The topological polar surface area (TPSA) is 94.6 Å². The van der Waals surface area contributed by atoms with Gasteiger partial charge in [-0.2, -0.15) is 0 Å². The van der Waals surface area contributed by atoms with Crippen LogP contribution in [0.5, 0.6) is 0 Å². The maximum Gasteiger partial charge on any atom is 0.228 e. The van der Waals surface area contributed by atoms with Crippen LogP contribution in [0.4, 0.5) is 23.1 Å². The molecule has 2 saturated heterocycles. The Morgan fingerprint density at radius 3 is 2.58 bits per heavy atom. The van der Waals surface area contributed by atoms with Gasteiger partial charge < -0.3 is 20.0 Å². The molecule has 1 N–H and O–H groups in total. The second-order valence-corrected chi connectivity index (χ2v) is 10.1. The maximum absolute atomic E-state index is 13.2. The van der Waals surface area contributed by atoms with Gasteiger partial charge in [-0.05, 0) is 49.7 Å². The minimum absolute atomic E-state index is 0.00956. The largest absolute Gasteiger partial charge is 0.353 e. The van der Waals surface area contributed by atoms with Crippen molar-refractivity contribution < 1.29 is 9.59 Å². The van der Waals surface area contributed by atoms with Gasteiger partial charge in [0, 0.05) is 61.6 Å². The molecule has 0 radical (unpaired) electrons. The van der Waals surface area contributed by atoms with E-state index in [-0.39, 0.29) is 24.2 Å². The lowest BCUT2D eigenvalue weighted by Crippen LogP contribution is -2.51. The highest BCUT2D eigenvalue weighted by atomic mass is 79.9. The summed E-state index contributed by atoms with van der Waals surface area (Å²) in [5.74, 6) is 2.63. The highest BCUT2D eigenvalue weighted by molar-refractivity contribution is 9.10. The number of rotatable bonds is 5. The van der Waals surface area contributed by atoms with E-state index >= 15 is 0 Å². The molecule has 1 unspecified atom stereocenters. The summed E-state index contributed by atoms with van der Waals surface area (Å²) in [7, 11) is 0. The zero-order chi connectivity index (χ0) is 25.2. The molecule has 0 bridgehead atoms. The summed E-state index contributed by atoms with van der Waals surface area (Å²) < 4.78 is 0.909. The fourth-order valence-electron chi connectivity index (χ4n) is 4.69. The van der Waals surface area contributed by atoms with Crippen molar-refractivity contribution in [1.29, 1.82) is 0 Å². The lowest BCUT2D eigenvalue weighted by molar-refractivity contribution is -0.136. The van der Waals surface area contributed by atoms with E-state index in [9.17, 15) is 9.59 Å². The van der Waals surface area contributed by atoms with Gasteiger partial charge in [0.1, 0.15) is 23.3 Å². The van der Waals surface area contributed by atoms with Gasteiger partial charge in [-0.15, -0.1) is 0 Å². The molecule has 2 amide bonds. The van der Waals surface area contributed by atoms with E-state index in [0.717, 1.165) is 27.4 Å². The Bertz CT molecular complexity index is 1290. The predicted molar refractivity (Wildman–Crippen MR) is 142 cm³/mol. The first kappa shape index (κ1) is 24.2. The van der Waals surface area contributed by atoms with Gasteiger partial charge in [0.15, 0.2) is 0 Å². The molecule has 36 heavy (non-hydrogen) atoms. The first-order valence-electron chi connectivity index (χ1n) is 12.0. The number of nitrogens with zero attached hydrogens (tertiary/aromatic N) is 6. The summed E-state index contributed by atoms with van der Waals surface area (Å²) >= 11 is 3.45. The number of hydrogen-bond acceptors (Lipinski definition) is 7. The van der Waals surface area contributed by atoms with Gasteiger partial charge in [0.05, 0.1) is 5.92 Å². The minimum atomic E-state index is -0.318. The smallest absolute Gasteiger partial charge is 0.228 e. The molecule has 1 aromatic carbocycles. The maximum atomic E-state index is 13.2. The third-order valence-corrected chi connectivity index (χ3v) is 7.00. The Balaban J connectivity index is 1.21. The van der Waals surface area contributed by atoms with Crippen molar-refractivity contribution in [3.63, 3.8) is 0 Å². The van der Waals surface area contributed by atoms with Crippen molar-refractivity contribution >= 4 is 50.9 Å². The molecule has 5 rings (SSSR count). The summed E-state index contributed by atoms with van der Waals surface area (Å²) in [5.41, 5.74) is 1.93. The third kappa shape index (κ3) is 5.33. The van der Waals surface area contributed by atoms with E-state index in [4.69, 9.17) is 0 Å². The fraction of sp³-hybridized carbons (Fsp3) is 0.346. The van der Waals surface area contributed by atoms with E-state index in [1.54, 1.807) is 11.1 Å². The Hall–Kier alpha value is -3.53. The van der Waals surface area contributed by atoms with E-state index in [0.29, 0.717) is 44.4 Å². The molecular weight excluding hydrogens is 522 g/mol. The van der Waals surface area contributed by atoms with Gasteiger partial charge in [0.25, 0.3) is 0 Å². The molecular formula is C26H28BrN7O2. The number of hydrogen-bond donors (Lipinski definition) is 1. The highest BCUT2D eigenvalue weighted by Crippen LogP contribution is 2.29. The van der Waals surface area contributed by atoms with Crippen LogP contribution in [0.15, 0.2) is 53.1 Å². The van der Waals surface area contributed by atoms with Crippen molar-refractivity contribution in [2.45, 2.75) is 20.3 Å². The number of carbonyl (C=O) groups is 2. The van der Waals surface area contributed by atoms with Gasteiger partial charge in [-0.25, -0.2) is 15.0 Å². The van der Waals surface area contributed by atoms with E-state index in [1.807, 2.05) is 61.2 Å². The zero-order valence-corrected chi connectivity index (χ0v) is 21.9. The minimum Gasteiger partial charge on any atom is -0.353 e. The summed E-state index contributed by atoms with van der Waals surface area (Å²) in [5, 5.41) is 3.26. The molecule has 2 aliphatic rings.